The maximum absolute atomic E-state index is 4.72. The second-order valence-corrected chi connectivity index (χ2v) is 7.29. The van der Waals surface area contributed by atoms with E-state index in [0.717, 1.165) is 29.8 Å². The van der Waals surface area contributed by atoms with Crippen LogP contribution in [-0.4, -0.2) is 24.0 Å². The van der Waals surface area contributed by atoms with E-state index in [9.17, 15) is 0 Å². The van der Waals surface area contributed by atoms with Gasteiger partial charge in [0.05, 0.1) is 17.2 Å². The lowest BCUT2D eigenvalue weighted by molar-refractivity contribution is 0.131. The van der Waals surface area contributed by atoms with E-state index in [1.807, 2.05) is 0 Å². The summed E-state index contributed by atoms with van der Waals surface area (Å²) in [4.78, 5) is 10.4. The van der Waals surface area contributed by atoms with Gasteiger partial charge in [0.15, 0.2) is 5.96 Å². The highest BCUT2D eigenvalue weighted by atomic mass is 127. The van der Waals surface area contributed by atoms with Crippen molar-refractivity contribution in [2.45, 2.75) is 59.9 Å². The summed E-state index contributed by atoms with van der Waals surface area (Å²) in [6.07, 6.45) is 5.33. The van der Waals surface area contributed by atoms with Gasteiger partial charge in [0.2, 0.25) is 0 Å². The summed E-state index contributed by atoms with van der Waals surface area (Å²) in [6, 6.07) is 0. The lowest BCUT2D eigenvalue weighted by Gasteiger charge is -2.41. The summed E-state index contributed by atoms with van der Waals surface area (Å²) >= 11 is 1.74. The Kier molecular flexibility index (Phi) is 8.10. The highest BCUT2D eigenvalue weighted by Crippen LogP contribution is 2.42. The lowest BCUT2D eigenvalue weighted by atomic mass is 9.67. The third kappa shape index (κ3) is 5.08. The number of hydrogen-bond acceptors (Lipinski definition) is 3. The topological polar surface area (TPSA) is 49.3 Å². The molecular formula is C16H29IN4S. The fourth-order valence-corrected chi connectivity index (χ4v) is 3.68. The Morgan fingerprint density at radius 3 is 2.45 bits per heavy atom. The van der Waals surface area contributed by atoms with Crippen LogP contribution in [0.5, 0.6) is 0 Å². The van der Waals surface area contributed by atoms with Crippen molar-refractivity contribution in [1.82, 2.24) is 15.6 Å². The molecule has 2 N–H and O–H groups in total. The zero-order valence-corrected chi connectivity index (χ0v) is 17.3. The number of nitrogens with zero attached hydrogens (tertiary/aromatic N) is 2. The molecular weight excluding hydrogens is 407 g/mol. The molecule has 1 aromatic rings. The van der Waals surface area contributed by atoms with Crippen molar-refractivity contribution in [2.75, 3.05) is 13.1 Å². The van der Waals surface area contributed by atoms with Crippen LogP contribution in [0, 0.1) is 19.3 Å². The fourth-order valence-electron chi connectivity index (χ4n) is 2.82. The molecule has 1 aromatic heterocycles. The van der Waals surface area contributed by atoms with Gasteiger partial charge in [-0.15, -0.1) is 35.3 Å². The van der Waals surface area contributed by atoms with Crippen molar-refractivity contribution in [1.29, 1.82) is 0 Å². The molecule has 0 atom stereocenters. The minimum absolute atomic E-state index is 0. The largest absolute Gasteiger partial charge is 0.357 e. The first-order valence-corrected chi connectivity index (χ1v) is 8.85. The molecule has 1 heterocycles. The standard InChI is InChI=1S/C16H28N4S.HI/c1-5-16(8-7-9-16)11-19-15(17-6-2)18-10-14-12(3)20-13(4)21-14;/h5-11H2,1-4H3,(H2,17,18,19);1H. The SMILES string of the molecule is CCNC(=NCc1sc(C)nc1C)NCC1(CC)CCC1.I. The van der Waals surface area contributed by atoms with E-state index in [1.54, 1.807) is 11.3 Å². The molecule has 126 valence electrons. The van der Waals surface area contributed by atoms with Gasteiger partial charge in [-0.05, 0) is 45.4 Å². The number of aromatic nitrogens is 1. The summed E-state index contributed by atoms with van der Waals surface area (Å²) < 4.78 is 0. The summed E-state index contributed by atoms with van der Waals surface area (Å²) in [5.74, 6) is 0.933. The van der Waals surface area contributed by atoms with Gasteiger partial charge in [-0.2, -0.15) is 0 Å². The van der Waals surface area contributed by atoms with Crippen molar-refractivity contribution in [2.24, 2.45) is 10.4 Å². The van der Waals surface area contributed by atoms with Gasteiger partial charge in [-0.25, -0.2) is 9.98 Å². The zero-order valence-electron chi connectivity index (χ0n) is 14.2. The minimum Gasteiger partial charge on any atom is -0.357 e. The molecule has 0 aromatic carbocycles. The van der Waals surface area contributed by atoms with E-state index in [2.05, 4.69) is 43.3 Å². The molecule has 4 nitrogen and oxygen atoms in total. The van der Waals surface area contributed by atoms with Crippen molar-refractivity contribution < 1.29 is 0 Å². The first-order valence-electron chi connectivity index (χ1n) is 8.03. The maximum Gasteiger partial charge on any atom is 0.191 e. The Morgan fingerprint density at radius 2 is 2.00 bits per heavy atom. The monoisotopic (exact) mass is 436 g/mol. The van der Waals surface area contributed by atoms with E-state index >= 15 is 0 Å². The molecule has 0 saturated heterocycles. The molecule has 1 fully saturated rings. The van der Waals surface area contributed by atoms with Crippen LogP contribution in [0.2, 0.25) is 0 Å². The third-order valence-corrected chi connectivity index (χ3v) is 5.58. The van der Waals surface area contributed by atoms with Crippen LogP contribution >= 0.6 is 35.3 Å². The van der Waals surface area contributed by atoms with E-state index in [-0.39, 0.29) is 24.0 Å². The summed E-state index contributed by atoms with van der Waals surface area (Å²) in [5, 5.41) is 8.00. The van der Waals surface area contributed by atoms with E-state index < -0.39 is 0 Å². The van der Waals surface area contributed by atoms with Crippen LogP contribution in [0.15, 0.2) is 4.99 Å². The van der Waals surface area contributed by atoms with Crippen LogP contribution in [0.1, 0.15) is 55.1 Å². The van der Waals surface area contributed by atoms with Crippen molar-refractivity contribution >= 4 is 41.3 Å². The number of halogens is 1. The van der Waals surface area contributed by atoms with Gasteiger partial charge in [-0.3, -0.25) is 0 Å². The van der Waals surface area contributed by atoms with Crippen molar-refractivity contribution in [3.63, 3.8) is 0 Å². The molecule has 1 saturated carbocycles. The Morgan fingerprint density at radius 1 is 1.27 bits per heavy atom. The molecule has 1 aliphatic carbocycles. The molecule has 0 bridgehead atoms. The Balaban J connectivity index is 0.00000242. The number of aryl methyl sites for hydroxylation is 2. The van der Waals surface area contributed by atoms with Gasteiger partial charge >= 0.3 is 0 Å². The van der Waals surface area contributed by atoms with Crippen molar-refractivity contribution in [3.05, 3.63) is 15.6 Å². The van der Waals surface area contributed by atoms with E-state index in [1.165, 1.54) is 30.6 Å². The minimum atomic E-state index is 0. The molecule has 1 aliphatic rings. The second kappa shape index (κ2) is 9.05. The van der Waals surface area contributed by atoms with E-state index in [4.69, 9.17) is 4.99 Å². The van der Waals surface area contributed by atoms with Gasteiger partial charge in [-0.1, -0.05) is 13.3 Å². The average molecular weight is 436 g/mol. The highest BCUT2D eigenvalue weighted by Gasteiger charge is 2.34. The number of thiazole rings is 1. The Bertz CT molecular complexity index is 489. The highest BCUT2D eigenvalue weighted by molar-refractivity contribution is 14.0. The number of hydrogen-bond donors (Lipinski definition) is 2. The van der Waals surface area contributed by atoms with Crippen LogP contribution in [-0.2, 0) is 6.54 Å². The number of guanidine groups is 1. The van der Waals surface area contributed by atoms with Crippen LogP contribution in [0.25, 0.3) is 0 Å². The van der Waals surface area contributed by atoms with E-state index in [0.29, 0.717) is 12.0 Å². The smallest absolute Gasteiger partial charge is 0.191 e. The first-order chi connectivity index (χ1) is 10.1. The first kappa shape index (κ1) is 19.7. The summed E-state index contributed by atoms with van der Waals surface area (Å²) in [7, 11) is 0. The second-order valence-electron chi connectivity index (χ2n) is 6.00. The molecule has 0 spiro atoms. The van der Waals surface area contributed by atoms with Gasteiger partial charge < -0.3 is 10.6 Å². The fraction of sp³-hybridized carbons (Fsp3) is 0.750. The molecule has 6 heteroatoms. The molecule has 0 aliphatic heterocycles. The molecule has 0 unspecified atom stereocenters. The average Bonchev–Trinajstić information content (AvgIpc) is 2.73. The molecule has 22 heavy (non-hydrogen) atoms. The molecule has 0 radical (unpaired) electrons. The quantitative estimate of drug-likeness (QED) is 0.403. The predicted molar refractivity (Wildman–Crippen MR) is 106 cm³/mol. The molecule has 0 amide bonds. The third-order valence-electron chi connectivity index (χ3n) is 4.52. The van der Waals surface area contributed by atoms with Gasteiger partial charge in [0.1, 0.15) is 0 Å². The molecule has 2 rings (SSSR count). The number of nitrogens with one attached hydrogen (secondary N) is 2. The maximum atomic E-state index is 4.72. The Hall–Kier alpha value is -0.370. The van der Waals surface area contributed by atoms with Gasteiger partial charge in [0, 0.05) is 18.0 Å². The van der Waals surface area contributed by atoms with Crippen LogP contribution < -0.4 is 10.6 Å². The Labute approximate surface area is 155 Å². The van der Waals surface area contributed by atoms with Gasteiger partial charge in [0.25, 0.3) is 0 Å². The van der Waals surface area contributed by atoms with Crippen LogP contribution in [0.4, 0.5) is 0 Å². The summed E-state index contributed by atoms with van der Waals surface area (Å²) in [6.45, 7) is 11.2. The van der Waals surface area contributed by atoms with Crippen molar-refractivity contribution in [3.8, 4) is 0 Å². The normalized spacial score (nSPS) is 16.6. The predicted octanol–water partition coefficient (Wildman–Crippen LogP) is 4.01. The zero-order chi connectivity index (χ0) is 15.3. The summed E-state index contributed by atoms with van der Waals surface area (Å²) in [5.41, 5.74) is 1.62. The lowest BCUT2D eigenvalue weighted by Crippen LogP contribution is -2.46. The van der Waals surface area contributed by atoms with Crippen LogP contribution in [0.3, 0.4) is 0 Å². The number of rotatable bonds is 6. The number of aliphatic imine (C=N–C) groups is 1.